The highest BCUT2D eigenvalue weighted by molar-refractivity contribution is 6.33. The Hall–Kier alpha value is -2.27. The van der Waals surface area contributed by atoms with Crippen LogP contribution in [-0.4, -0.2) is 17.5 Å². The molecule has 0 aliphatic carbocycles. The van der Waals surface area contributed by atoms with Gasteiger partial charge in [-0.1, -0.05) is 11.6 Å². The Kier molecular flexibility index (Phi) is 3.66. The first kappa shape index (κ1) is 13.7. The minimum atomic E-state index is -0.176. The SMILES string of the molecule is Cc1ccncc1CNc1cc2c(cc1Cl)NC(=O)CO2. The lowest BCUT2D eigenvalue weighted by Crippen LogP contribution is -2.25. The van der Waals surface area contributed by atoms with Gasteiger partial charge in [0.25, 0.3) is 5.91 Å². The predicted octanol–water partition coefficient (Wildman–Crippen LogP) is 2.99. The number of ether oxygens (including phenoxy) is 1. The molecule has 2 N–H and O–H groups in total. The predicted molar refractivity (Wildman–Crippen MR) is 81.9 cm³/mol. The van der Waals surface area contributed by atoms with Crippen molar-refractivity contribution in [3.05, 3.63) is 46.7 Å². The zero-order valence-electron chi connectivity index (χ0n) is 11.4. The summed E-state index contributed by atoms with van der Waals surface area (Å²) in [6.45, 7) is 2.67. The van der Waals surface area contributed by atoms with E-state index in [0.717, 1.165) is 16.8 Å². The second-order valence-corrected chi connectivity index (χ2v) is 5.23. The first-order chi connectivity index (χ1) is 10.1. The number of aryl methyl sites for hydroxylation is 1. The van der Waals surface area contributed by atoms with Gasteiger partial charge in [0.1, 0.15) is 5.75 Å². The molecule has 1 aromatic heterocycles. The van der Waals surface area contributed by atoms with Gasteiger partial charge in [0.05, 0.1) is 16.4 Å². The van der Waals surface area contributed by atoms with Gasteiger partial charge in [-0.15, -0.1) is 0 Å². The van der Waals surface area contributed by atoms with E-state index in [9.17, 15) is 4.79 Å². The Balaban J connectivity index is 1.80. The normalized spacial score (nSPS) is 13.1. The molecule has 1 aliphatic heterocycles. The average Bonchev–Trinajstić information content (AvgIpc) is 2.46. The van der Waals surface area contributed by atoms with Gasteiger partial charge in [0, 0.05) is 25.0 Å². The highest BCUT2D eigenvalue weighted by Gasteiger charge is 2.18. The number of rotatable bonds is 3. The molecule has 0 saturated carbocycles. The number of pyridine rings is 1. The second kappa shape index (κ2) is 5.61. The zero-order valence-corrected chi connectivity index (χ0v) is 12.2. The molecule has 1 aromatic carbocycles. The Morgan fingerprint density at radius 2 is 2.33 bits per heavy atom. The molecule has 2 heterocycles. The summed E-state index contributed by atoms with van der Waals surface area (Å²) in [5.41, 5.74) is 3.62. The van der Waals surface area contributed by atoms with Crippen LogP contribution >= 0.6 is 11.6 Å². The third-order valence-electron chi connectivity index (χ3n) is 3.32. The van der Waals surface area contributed by atoms with Gasteiger partial charge in [-0.3, -0.25) is 9.78 Å². The molecule has 5 nitrogen and oxygen atoms in total. The fourth-order valence-electron chi connectivity index (χ4n) is 2.11. The van der Waals surface area contributed by atoms with Crippen LogP contribution in [0.2, 0.25) is 5.02 Å². The number of hydrogen-bond donors (Lipinski definition) is 2. The summed E-state index contributed by atoms with van der Waals surface area (Å²) in [5, 5.41) is 6.52. The number of carbonyl (C=O) groups is 1. The smallest absolute Gasteiger partial charge is 0.262 e. The molecule has 1 aliphatic rings. The topological polar surface area (TPSA) is 63.2 Å². The minimum Gasteiger partial charge on any atom is -0.482 e. The van der Waals surface area contributed by atoms with E-state index in [-0.39, 0.29) is 12.5 Å². The third kappa shape index (κ3) is 2.92. The van der Waals surface area contributed by atoms with Crippen molar-refractivity contribution in [1.29, 1.82) is 0 Å². The maximum absolute atomic E-state index is 11.3. The maximum Gasteiger partial charge on any atom is 0.262 e. The number of anilines is 2. The Morgan fingerprint density at radius 1 is 1.48 bits per heavy atom. The van der Waals surface area contributed by atoms with E-state index in [1.165, 1.54) is 0 Å². The van der Waals surface area contributed by atoms with Crippen molar-refractivity contribution in [3.8, 4) is 5.75 Å². The fourth-order valence-corrected chi connectivity index (χ4v) is 2.34. The van der Waals surface area contributed by atoms with Gasteiger partial charge in [-0.05, 0) is 30.2 Å². The van der Waals surface area contributed by atoms with Crippen molar-refractivity contribution < 1.29 is 9.53 Å². The lowest BCUT2D eigenvalue weighted by Gasteiger charge is -2.20. The van der Waals surface area contributed by atoms with Crippen molar-refractivity contribution in [2.45, 2.75) is 13.5 Å². The molecule has 2 aromatic rings. The standard InChI is InChI=1S/C15H14ClN3O2/c1-9-2-3-17-6-10(9)7-18-12-5-14-13(4-11(12)16)19-15(20)8-21-14/h2-6,18H,7-8H2,1H3,(H,19,20). The number of hydrogen-bond acceptors (Lipinski definition) is 4. The number of halogens is 1. The van der Waals surface area contributed by atoms with Crippen LogP contribution in [0.5, 0.6) is 5.75 Å². The molecule has 1 amide bonds. The summed E-state index contributed by atoms with van der Waals surface area (Å²) in [4.78, 5) is 15.4. The number of amides is 1. The number of benzene rings is 1. The highest BCUT2D eigenvalue weighted by Crippen LogP contribution is 2.36. The van der Waals surface area contributed by atoms with Crippen LogP contribution in [-0.2, 0) is 11.3 Å². The first-order valence-electron chi connectivity index (χ1n) is 6.53. The Labute approximate surface area is 127 Å². The van der Waals surface area contributed by atoms with Crippen LogP contribution in [0.3, 0.4) is 0 Å². The van der Waals surface area contributed by atoms with Crippen molar-refractivity contribution in [1.82, 2.24) is 4.98 Å². The van der Waals surface area contributed by atoms with Crippen molar-refractivity contribution >= 4 is 28.9 Å². The summed E-state index contributed by atoms with van der Waals surface area (Å²) < 4.78 is 5.38. The molecule has 108 valence electrons. The quantitative estimate of drug-likeness (QED) is 0.915. The highest BCUT2D eigenvalue weighted by atomic mass is 35.5. The lowest BCUT2D eigenvalue weighted by atomic mass is 10.1. The van der Waals surface area contributed by atoms with E-state index >= 15 is 0 Å². The van der Waals surface area contributed by atoms with E-state index in [0.29, 0.717) is 23.0 Å². The summed E-state index contributed by atoms with van der Waals surface area (Å²) in [5.74, 6) is 0.440. The van der Waals surface area contributed by atoms with Crippen molar-refractivity contribution in [2.24, 2.45) is 0 Å². The molecular formula is C15H14ClN3O2. The monoisotopic (exact) mass is 303 g/mol. The lowest BCUT2D eigenvalue weighted by molar-refractivity contribution is -0.118. The van der Waals surface area contributed by atoms with Crippen LogP contribution in [0, 0.1) is 6.92 Å². The van der Waals surface area contributed by atoms with Crippen LogP contribution in [0.15, 0.2) is 30.6 Å². The maximum atomic E-state index is 11.3. The van der Waals surface area contributed by atoms with E-state index in [2.05, 4.69) is 15.6 Å². The average molecular weight is 304 g/mol. The second-order valence-electron chi connectivity index (χ2n) is 4.82. The van der Waals surface area contributed by atoms with Crippen LogP contribution in [0.25, 0.3) is 0 Å². The van der Waals surface area contributed by atoms with Crippen LogP contribution in [0.1, 0.15) is 11.1 Å². The molecule has 0 radical (unpaired) electrons. The Morgan fingerprint density at radius 3 is 3.14 bits per heavy atom. The third-order valence-corrected chi connectivity index (χ3v) is 3.63. The molecule has 0 saturated heterocycles. The van der Waals surface area contributed by atoms with Gasteiger partial charge in [0.2, 0.25) is 0 Å². The molecule has 3 rings (SSSR count). The number of nitrogens with zero attached hydrogens (tertiary/aromatic N) is 1. The van der Waals surface area contributed by atoms with E-state index < -0.39 is 0 Å². The zero-order chi connectivity index (χ0) is 14.8. The van der Waals surface area contributed by atoms with E-state index in [1.807, 2.05) is 19.2 Å². The molecule has 0 spiro atoms. The van der Waals surface area contributed by atoms with Crippen LogP contribution < -0.4 is 15.4 Å². The number of fused-ring (bicyclic) bond motifs is 1. The molecule has 0 fully saturated rings. The molecule has 0 unspecified atom stereocenters. The number of aromatic nitrogens is 1. The molecule has 21 heavy (non-hydrogen) atoms. The molecule has 0 atom stereocenters. The van der Waals surface area contributed by atoms with E-state index in [4.69, 9.17) is 16.3 Å². The van der Waals surface area contributed by atoms with Crippen molar-refractivity contribution in [2.75, 3.05) is 17.2 Å². The largest absolute Gasteiger partial charge is 0.482 e. The van der Waals surface area contributed by atoms with Crippen molar-refractivity contribution in [3.63, 3.8) is 0 Å². The number of carbonyl (C=O) groups excluding carboxylic acids is 1. The molecule has 0 bridgehead atoms. The summed E-state index contributed by atoms with van der Waals surface area (Å²) in [6.07, 6.45) is 3.59. The van der Waals surface area contributed by atoms with Gasteiger partial charge in [-0.25, -0.2) is 0 Å². The Bertz CT molecular complexity index is 703. The van der Waals surface area contributed by atoms with Crippen LogP contribution in [0.4, 0.5) is 11.4 Å². The summed E-state index contributed by atoms with van der Waals surface area (Å²) in [7, 11) is 0. The van der Waals surface area contributed by atoms with Gasteiger partial charge < -0.3 is 15.4 Å². The first-order valence-corrected chi connectivity index (χ1v) is 6.91. The summed E-state index contributed by atoms with van der Waals surface area (Å²) >= 11 is 6.23. The minimum absolute atomic E-state index is 0.0236. The fraction of sp³-hybridized carbons (Fsp3) is 0.200. The molecular weight excluding hydrogens is 290 g/mol. The van der Waals surface area contributed by atoms with E-state index in [1.54, 1.807) is 18.3 Å². The van der Waals surface area contributed by atoms with Gasteiger partial charge in [0.15, 0.2) is 6.61 Å². The molecule has 6 heteroatoms. The van der Waals surface area contributed by atoms with Gasteiger partial charge in [-0.2, -0.15) is 0 Å². The number of nitrogens with one attached hydrogen (secondary N) is 2. The summed E-state index contributed by atoms with van der Waals surface area (Å²) in [6, 6.07) is 5.44. The van der Waals surface area contributed by atoms with Gasteiger partial charge >= 0.3 is 0 Å².